The third-order valence-corrected chi connectivity index (χ3v) is 5.99. The van der Waals surface area contributed by atoms with Crippen LogP contribution in [0.1, 0.15) is 45.1 Å². The molecular formula is C20H33N3O2S. The molecule has 1 aliphatic carbocycles. The first kappa shape index (κ1) is 20.7. The molecule has 6 heteroatoms. The molecule has 1 aromatic carbocycles. The van der Waals surface area contributed by atoms with Crippen molar-refractivity contribution in [1.82, 2.24) is 10.6 Å². The number of thioether (sulfide) groups is 1. The summed E-state index contributed by atoms with van der Waals surface area (Å²) in [5, 5.41) is 6.76. The van der Waals surface area contributed by atoms with Gasteiger partial charge in [-0.25, -0.2) is 0 Å². The van der Waals surface area contributed by atoms with E-state index in [9.17, 15) is 0 Å². The molecule has 2 N–H and O–H groups in total. The van der Waals surface area contributed by atoms with Crippen LogP contribution in [-0.4, -0.2) is 43.8 Å². The number of aliphatic imine (C=N–C) groups is 1. The van der Waals surface area contributed by atoms with Gasteiger partial charge in [0.05, 0.1) is 13.2 Å². The molecule has 0 unspecified atom stereocenters. The van der Waals surface area contributed by atoms with Gasteiger partial charge in [-0.05, 0) is 63.5 Å². The van der Waals surface area contributed by atoms with Crippen molar-refractivity contribution >= 4 is 17.7 Å². The van der Waals surface area contributed by atoms with Gasteiger partial charge in [0.15, 0.2) is 17.5 Å². The predicted octanol–water partition coefficient (Wildman–Crippen LogP) is 3.82. The molecule has 0 heterocycles. The van der Waals surface area contributed by atoms with E-state index in [2.05, 4.69) is 47.9 Å². The number of nitrogens with one attached hydrogen (secondary N) is 2. The Labute approximate surface area is 162 Å². The topological polar surface area (TPSA) is 54.9 Å². The van der Waals surface area contributed by atoms with E-state index in [0.717, 1.165) is 42.4 Å². The van der Waals surface area contributed by atoms with Gasteiger partial charge in [0.25, 0.3) is 0 Å². The maximum absolute atomic E-state index is 6.18. The highest BCUT2D eigenvalue weighted by Gasteiger charge is 2.19. The molecule has 0 bridgehead atoms. The molecule has 0 saturated heterocycles. The number of guanidine groups is 1. The summed E-state index contributed by atoms with van der Waals surface area (Å²) in [6, 6.07) is 6.12. The van der Waals surface area contributed by atoms with Crippen molar-refractivity contribution in [1.29, 1.82) is 0 Å². The van der Waals surface area contributed by atoms with Gasteiger partial charge in [0.2, 0.25) is 0 Å². The van der Waals surface area contributed by atoms with E-state index >= 15 is 0 Å². The minimum Gasteiger partial charge on any atom is -0.493 e. The third kappa shape index (κ3) is 6.31. The summed E-state index contributed by atoms with van der Waals surface area (Å²) in [4.78, 5) is 4.31. The molecule has 5 nitrogen and oxygen atoms in total. The quantitative estimate of drug-likeness (QED) is 0.531. The van der Waals surface area contributed by atoms with E-state index in [-0.39, 0.29) is 4.75 Å². The van der Waals surface area contributed by atoms with Crippen LogP contribution in [0.4, 0.5) is 0 Å². The number of ether oxygens (including phenoxy) is 2. The van der Waals surface area contributed by atoms with Crippen molar-refractivity contribution in [2.45, 2.75) is 56.9 Å². The van der Waals surface area contributed by atoms with E-state index in [0.29, 0.717) is 12.6 Å². The van der Waals surface area contributed by atoms with Gasteiger partial charge in [-0.2, -0.15) is 11.8 Å². The maximum atomic E-state index is 6.18. The normalized spacial score (nSPS) is 15.8. The van der Waals surface area contributed by atoms with Crippen LogP contribution in [0.15, 0.2) is 23.2 Å². The van der Waals surface area contributed by atoms with Gasteiger partial charge in [-0.1, -0.05) is 6.07 Å². The highest BCUT2D eigenvalue weighted by molar-refractivity contribution is 7.99. The number of hydrogen-bond donors (Lipinski definition) is 2. The van der Waals surface area contributed by atoms with Crippen LogP contribution in [0, 0.1) is 0 Å². The minimum absolute atomic E-state index is 0.167. The van der Waals surface area contributed by atoms with Crippen LogP contribution in [0.2, 0.25) is 0 Å². The summed E-state index contributed by atoms with van der Waals surface area (Å²) >= 11 is 1.84. The fraction of sp³-hybridized carbons (Fsp3) is 0.650. The Bertz CT molecular complexity index is 599. The van der Waals surface area contributed by atoms with Crippen LogP contribution in [0.25, 0.3) is 0 Å². The van der Waals surface area contributed by atoms with Crippen LogP contribution in [-0.2, 0) is 6.54 Å². The lowest BCUT2D eigenvalue weighted by Crippen LogP contribution is -2.42. The number of nitrogens with zero attached hydrogens (tertiary/aromatic N) is 1. The molecule has 0 radical (unpaired) electrons. The van der Waals surface area contributed by atoms with Crippen molar-refractivity contribution in [3.05, 3.63) is 23.8 Å². The number of methoxy groups -OCH3 is 1. The van der Waals surface area contributed by atoms with Gasteiger partial charge in [0, 0.05) is 24.9 Å². The van der Waals surface area contributed by atoms with Crippen LogP contribution in [0.5, 0.6) is 11.5 Å². The van der Waals surface area contributed by atoms with Gasteiger partial charge in [0.1, 0.15) is 0 Å². The molecule has 1 fully saturated rings. The number of benzene rings is 1. The predicted molar refractivity (Wildman–Crippen MR) is 112 cm³/mol. The van der Waals surface area contributed by atoms with E-state index < -0.39 is 0 Å². The van der Waals surface area contributed by atoms with Gasteiger partial charge in [-0.15, -0.1) is 0 Å². The molecule has 1 aromatic rings. The summed E-state index contributed by atoms with van der Waals surface area (Å²) in [5.74, 6) is 2.44. The fourth-order valence-electron chi connectivity index (χ4n) is 2.88. The summed E-state index contributed by atoms with van der Waals surface area (Å²) < 4.78 is 11.8. The zero-order valence-electron chi connectivity index (χ0n) is 16.7. The molecule has 26 heavy (non-hydrogen) atoms. The Morgan fingerprint density at radius 1 is 1.23 bits per heavy atom. The van der Waals surface area contributed by atoms with Crippen molar-refractivity contribution < 1.29 is 9.47 Å². The lowest BCUT2D eigenvalue weighted by atomic mass is 10.2. The first-order valence-electron chi connectivity index (χ1n) is 9.30. The van der Waals surface area contributed by atoms with E-state index in [4.69, 9.17) is 9.47 Å². The summed E-state index contributed by atoms with van der Waals surface area (Å²) in [6.07, 6.45) is 7.21. The SMILES string of the molecule is CN=C(NCc1ccc(OC)c(OC2CCCC2)c1)NCC(C)(C)SC. The van der Waals surface area contributed by atoms with Gasteiger partial charge in [-0.3, -0.25) is 4.99 Å². The lowest BCUT2D eigenvalue weighted by Gasteiger charge is -2.24. The highest BCUT2D eigenvalue weighted by Crippen LogP contribution is 2.32. The number of hydrogen-bond acceptors (Lipinski definition) is 4. The lowest BCUT2D eigenvalue weighted by molar-refractivity contribution is 0.200. The van der Waals surface area contributed by atoms with Crippen LogP contribution < -0.4 is 20.1 Å². The largest absolute Gasteiger partial charge is 0.493 e. The molecule has 0 atom stereocenters. The first-order valence-corrected chi connectivity index (χ1v) is 10.5. The molecule has 1 aliphatic rings. The zero-order valence-corrected chi connectivity index (χ0v) is 17.5. The van der Waals surface area contributed by atoms with Crippen LogP contribution >= 0.6 is 11.8 Å². The Hall–Kier alpha value is -1.56. The fourth-order valence-corrected chi connectivity index (χ4v) is 3.10. The molecule has 0 amide bonds. The number of rotatable bonds is 8. The standard InChI is InChI=1S/C20H33N3O2S/c1-20(2,26-5)14-23-19(21-3)22-13-15-10-11-17(24-4)18(12-15)25-16-8-6-7-9-16/h10-12,16H,6-9,13-14H2,1-5H3,(H2,21,22,23). The molecule has 0 aromatic heterocycles. The second-order valence-electron chi connectivity index (χ2n) is 7.25. The zero-order chi connectivity index (χ0) is 19.0. The van der Waals surface area contributed by atoms with E-state index in [1.807, 2.05) is 17.8 Å². The molecule has 2 rings (SSSR count). The molecule has 0 aliphatic heterocycles. The van der Waals surface area contributed by atoms with Crippen molar-refractivity contribution in [3.8, 4) is 11.5 Å². The average Bonchev–Trinajstić information content (AvgIpc) is 3.15. The summed E-state index contributed by atoms with van der Waals surface area (Å²) in [7, 11) is 3.48. The second kappa shape index (κ2) is 9.95. The Morgan fingerprint density at radius 3 is 2.58 bits per heavy atom. The summed E-state index contributed by atoms with van der Waals surface area (Å²) in [5.41, 5.74) is 1.14. The Balaban J connectivity index is 1.95. The molecule has 1 saturated carbocycles. The van der Waals surface area contributed by atoms with E-state index in [1.165, 1.54) is 12.8 Å². The maximum Gasteiger partial charge on any atom is 0.191 e. The molecular weight excluding hydrogens is 346 g/mol. The third-order valence-electron chi connectivity index (χ3n) is 4.74. The van der Waals surface area contributed by atoms with Gasteiger partial charge < -0.3 is 20.1 Å². The average molecular weight is 380 g/mol. The Kier molecular flexibility index (Phi) is 7.94. The van der Waals surface area contributed by atoms with E-state index in [1.54, 1.807) is 14.2 Å². The Morgan fingerprint density at radius 2 is 1.96 bits per heavy atom. The second-order valence-corrected chi connectivity index (χ2v) is 8.77. The minimum atomic E-state index is 0.167. The molecule has 0 spiro atoms. The monoisotopic (exact) mass is 379 g/mol. The van der Waals surface area contributed by atoms with Crippen molar-refractivity contribution in [2.75, 3.05) is 27.0 Å². The van der Waals surface area contributed by atoms with Crippen LogP contribution in [0.3, 0.4) is 0 Å². The smallest absolute Gasteiger partial charge is 0.191 e. The summed E-state index contributed by atoms with van der Waals surface area (Å²) in [6.45, 7) is 5.97. The van der Waals surface area contributed by atoms with Crippen molar-refractivity contribution in [2.24, 2.45) is 4.99 Å². The molecule has 146 valence electrons. The van der Waals surface area contributed by atoms with Crippen molar-refractivity contribution in [3.63, 3.8) is 0 Å². The highest BCUT2D eigenvalue weighted by atomic mass is 32.2. The first-order chi connectivity index (χ1) is 12.5. The van der Waals surface area contributed by atoms with Gasteiger partial charge >= 0.3 is 0 Å².